The van der Waals surface area contributed by atoms with Crippen molar-refractivity contribution in [3.05, 3.63) is 76.6 Å². The van der Waals surface area contributed by atoms with Gasteiger partial charge >= 0.3 is 0 Å². The van der Waals surface area contributed by atoms with E-state index < -0.39 is 0 Å². The van der Waals surface area contributed by atoms with Crippen molar-refractivity contribution in [1.29, 1.82) is 0 Å². The first-order valence-corrected chi connectivity index (χ1v) is 12.2. The van der Waals surface area contributed by atoms with E-state index in [1.807, 2.05) is 41.9 Å². The zero-order valence-corrected chi connectivity index (χ0v) is 19.4. The molecule has 1 atom stereocenters. The Morgan fingerprint density at radius 2 is 1.84 bits per heavy atom. The van der Waals surface area contributed by atoms with Crippen molar-refractivity contribution in [2.45, 2.75) is 52.0 Å². The first-order valence-electron chi connectivity index (χ1n) is 11.4. The minimum Gasteiger partial charge on any atom is -0.333 e. The van der Waals surface area contributed by atoms with Gasteiger partial charge in [0.1, 0.15) is 5.01 Å². The van der Waals surface area contributed by atoms with Crippen molar-refractivity contribution < 1.29 is 4.79 Å². The van der Waals surface area contributed by atoms with Crippen molar-refractivity contribution in [3.63, 3.8) is 0 Å². The van der Waals surface area contributed by atoms with Crippen LogP contribution in [0.1, 0.15) is 53.7 Å². The third-order valence-corrected chi connectivity index (χ3v) is 7.59. The normalized spacial score (nSPS) is 16.6. The van der Waals surface area contributed by atoms with Gasteiger partial charge in [0.25, 0.3) is 0 Å². The molecule has 1 fully saturated rings. The molecule has 2 aromatic heterocycles. The highest BCUT2D eigenvalue weighted by Gasteiger charge is 2.30. The number of thiazole rings is 1. The van der Waals surface area contributed by atoms with Crippen molar-refractivity contribution >= 4 is 27.5 Å². The minimum absolute atomic E-state index is 0.0999. The average Bonchev–Trinajstić information content (AvgIpc) is 3.38. The summed E-state index contributed by atoms with van der Waals surface area (Å²) in [7, 11) is 0. The Bertz CT molecular complexity index is 1210. The number of aromatic nitrogens is 3. The Balaban J connectivity index is 1.33. The van der Waals surface area contributed by atoms with Crippen molar-refractivity contribution in [1.82, 2.24) is 19.7 Å². The summed E-state index contributed by atoms with van der Waals surface area (Å²) in [5, 5.41) is 5.81. The molecule has 32 heavy (non-hydrogen) atoms. The third-order valence-electron chi connectivity index (χ3n) is 6.45. The second-order valence-corrected chi connectivity index (χ2v) is 9.58. The summed E-state index contributed by atoms with van der Waals surface area (Å²) < 4.78 is 3.18. The molecule has 1 saturated heterocycles. The number of carbonyl (C=O) groups is 1. The predicted octanol–water partition coefficient (Wildman–Crippen LogP) is 5.79. The van der Waals surface area contributed by atoms with Gasteiger partial charge in [-0.15, -0.1) is 11.3 Å². The van der Waals surface area contributed by atoms with Gasteiger partial charge in [-0.05, 0) is 69.4 Å². The quantitative estimate of drug-likeness (QED) is 0.392. The van der Waals surface area contributed by atoms with Gasteiger partial charge in [-0.25, -0.2) is 9.67 Å². The van der Waals surface area contributed by atoms with Crippen LogP contribution in [0.15, 0.2) is 54.6 Å². The molecule has 0 radical (unpaired) electrons. The number of nitrogens with zero attached hydrogens (tertiary/aromatic N) is 4. The Hall–Kier alpha value is -2.99. The maximum absolute atomic E-state index is 13.3. The largest absolute Gasteiger partial charge is 0.333 e. The highest BCUT2D eigenvalue weighted by atomic mass is 32.1. The van der Waals surface area contributed by atoms with Crippen molar-refractivity contribution in [2.24, 2.45) is 0 Å². The number of hydrogen-bond acceptors (Lipinski definition) is 4. The van der Waals surface area contributed by atoms with E-state index in [2.05, 4.69) is 36.1 Å². The molecule has 1 aliphatic rings. The van der Waals surface area contributed by atoms with Gasteiger partial charge in [-0.3, -0.25) is 4.79 Å². The van der Waals surface area contributed by atoms with E-state index in [0.29, 0.717) is 12.8 Å². The minimum atomic E-state index is 0.0999. The number of benzene rings is 2. The number of rotatable bonds is 5. The molecule has 3 heterocycles. The van der Waals surface area contributed by atoms with Crippen LogP contribution >= 0.6 is 11.3 Å². The zero-order chi connectivity index (χ0) is 22.1. The van der Waals surface area contributed by atoms with Gasteiger partial charge in [-0.1, -0.05) is 30.3 Å². The van der Waals surface area contributed by atoms with Gasteiger partial charge in [0.15, 0.2) is 0 Å². The van der Waals surface area contributed by atoms with E-state index >= 15 is 0 Å². The Morgan fingerprint density at radius 3 is 2.66 bits per heavy atom. The Labute approximate surface area is 192 Å². The topological polar surface area (TPSA) is 51.0 Å². The number of carbonyl (C=O) groups excluding carboxylic acids is 1. The first-order chi connectivity index (χ1) is 15.6. The molecule has 2 aromatic carbocycles. The Morgan fingerprint density at radius 1 is 1.06 bits per heavy atom. The predicted molar refractivity (Wildman–Crippen MR) is 129 cm³/mol. The molecule has 1 amide bonds. The summed E-state index contributed by atoms with van der Waals surface area (Å²) >= 11 is 1.73. The van der Waals surface area contributed by atoms with E-state index in [4.69, 9.17) is 10.1 Å². The van der Waals surface area contributed by atoms with Crippen LogP contribution in [0.4, 0.5) is 0 Å². The number of piperidine rings is 1. The first kappa shape index (κ1) is 20.9. The van der Waals surface area contributed by atoms with E-state index in [9.17, 15) is 4.79 Å². The fourth-order valence-corrected chi connectivity index (χ4v) is 5.87. The van der Waals surface area contributed by atoms with Crippen LogP contribution in [-0.4, -0.2) is 32.1 Å². The van der Waals surface area contributed by atoms with E-state index in [1.165, 1.54) is 10.3 Å². The molecule has 0 aliphatic carbocycles. The SMILES string of the molecule is Cc1nn(-c2ccccc2)c(C)c1CCC(=O)N1CCCCC1c1nc2ccccc2s1. The lowest BCUT2D eigenvalue weighted by Gasteiger charge is -2.34. The number of fused-ring (bicyclic) bond motifs is 1. The molecule has 0 N–H and O–H groups in total. The van der Waals surface area contributed by atoms with Crippen LogP contribution in [0.25, 0.3) is 15.9 Å². The monoisotopic (exact) mass is 444 g/mol. The summed E-state index contributed by atoms with van der Waals surface area (Å²) in [6, 6.07) is 18.5. The molecule has 4 aromatic rings. The maximum Gasteiger partial charge on any atom is 0.223 e. The Kier molecular flexibility index (Phi) is 5.79. The standard InChI is InChI=1S/C26H28N4OS/c1-18-21(19(2)30(28-18)20-10-4-3-5-11-20)15-16-25(31)29-17-9-8-13-23(29)26-27-22-12-6-7-14-24(22)32-26/h3-7,10-12,14,23H,8-9,13,15-17H2,1-2H3. The third kappa shape index (κ3) is 3.95. The summed E-state index contributed by atoms with van der Waals surface area (Å²) in [5.74, 6) is 0.222. The molecule has 0 bridgehead atoms. The molecule has 5 nitrogen and oxygen atoms in total. The van der Waals surface area contributed by atoms with Gasteiger partial charge in [0, 0.05) is 18.7 Å². The number of likely N-dealkylation sites (tertiary alicyclic amines) is 1. The number of amides is 1. The molecule has 0 saturated carbocycles. The smallest absolute Gasteiger partial charge is 0.223 e. The molecule has 6 heteroatoms. The van der Waals surface area contributed by atoms with Gasteiger partial charge in [0.05, 0.1) is 27.6 Å². The highest BCUT2D eigenvalue weighted by Crippen LogP contribution is 2.36. The fourth-order valence-electron chi connectivity index (χ4n) is 4.75. The number of aryl methyl sites for hydroxylation is 1. The van der Waals surface area contributed by atoms with Crippen LogP contribution in [0.2, 0.25) is 0 Å². The number of para-hydroxylation sites is 2. The van der Waals surface area contributed by atoms with Crippen molar-refractivity contribution in [3.8, 4) is 5.69 Å². The second-order valence-electron chi connectivity index (χ2n) is 8.52. The van der Waals surface area contributed by atoms with E-state index in [-0.39, 0.29) is 11.9 Å². The van der Waals surface area contributed by atoms with Crippen LogP contribution in [0, 0.1) is 13.8 Å². The highest BCUT2D eigenvalue weighted by molar-refractivity contribution is 7.18. The molecule has 1 aliphatic heterocycles. The summed E-state index contributed by atoms with van der Waals surface area (Å²) in [6.07, 6.45) is 4.43. The molecule has 5 rings (SSSR count). The lowest BCUT2D eigenvalue weighted by atomic mass is 10.0. The van der Waals surface area contributed by atoms with Gasteiger partial charge in [0.2, 0.25) is 5.91 Å². The lowest BCUT2D eigenvalue weighted by molar-refractivity contribution is -0.135. The fraction of sp³-hybridized carbons (Fsp3) is 0.346. The van der Waals surface area contributed by atoms with Crippen LogP contribution in [0.5, 0.6) is 0 Å². The van der Waals surface area contributed by atoms with Crippen molar-refractivity contribution in [2.75, 3.05) is 6.54 Å². The zero-order valence-electron chi connectivity index (χ0n) is 18.6. The molecular formula is C26H28N4OS. The number of hydrogen-bond donors (Lipinski definition) is 0. The average molecular weight is 445 g/mol. The second kappa shape index (κ2) is 8.87. The van der Waals surface area contributed by atoms with Crippen LogP contribution in [0.3, 0.4) is 0 Å². The van der Waals surface area contributed by atoms with E-state index in [1.54, 1.807) is 11.3 Å². The summed E-state index contributed by atoms with van der Waals surface area (Å²) in [5.41, 5.74) is 5.38. The molecule has 164 valence electrons. The van der Waals surface area contributed by atoms with Gasteiger partial charge in [-0.2, -0.15) is 5.10 Å². The van der Waals surface area contributed by atoms with E-state index in [0.717, 1.165) is 53.4 Å². The molecular weight excluding hydrogens is 416 g/mol. The molecule has 1 unspecified atom stereocenters. The lowest BCUT2D eigenvalue weighted by Crippen LogP contribution is -2.38. The summed E-state index contributed by atoms with van der Waals surface area (Å²) in [4.78, 5) is 20.3. The molecule has 0 spiro atoms. The van der Waals surface area contributed by atoms with Gasteiger partial charge < -0.3 is 4.90 Å². The van der Waals surface area contributed by atoms with Crippen LogP contribution in [-0.2, 0) is 11.2 Å². The maximum atomic E-state index is 13.3. The van der Waals surface area contributed by atoms with Crippen LogP contribution < -0.4 is 0 Å². The summed E-state index contributed by atoms with van der Waals surface area (Å²) in [6.45, 7) is 4.95.